The van der Waals surface area contributed by atoms with E-state index >= 15 is 0 Å². The van der Waals surface area contributed by atoms with Gasteiger partial charge in [-0.1, -0.05) is 47.8 Å². The van der Waals surface area contributed by atoms with Crippen LogP contribution < -0.4 is 0 Å². The molecule has 0 aromatic carbocycles. The summed E-state index contributed by atoms with van der Waals surface area (Å²) in [5.74, 6) is 1.02. The Hall–Kier alpha value is -3.50. The highest BCUT2D eigenvalue weighted by atomic mass is 32.2. The molecule has 0 N–H and O–H groups in total. The summed E-state index contributed by atoms with van der Waals surface area (Å²) in [7, 11) is 0. The van der Waals surface area contributed by atoms with Crippen LogP contribution in [0.25, 0.3) is 6.08 Å². The van der Waals surface area contributed by atoms with E-state index in [0.29, 0.717) is 52.0 Å². The molecule has 0 saturated carbocycles. The Morgan fingerprint density at radius 2 is 1.53 bits per heavy atom. The number of hydrogen-bond donors (Lipinski definition) is 0. The Bertz CT molecular complexity index is 1230. The van der Waals surface area contributed by atoms with Crippen LogP contribution >= 0.6 is 23.5 Å². The minimum absolute atomic E-state index is 0.154. The highest BCUT2D eigenvalue weighted by Gasteiger charge is 2.31. The summed E-state index contributed by atoms with van der Waals surface area (Å²) in [5, 5.41) is 1.26. The van der Waals surface area contributed by atoms with Crippen LogP contribution in [0.2, 0.25) is 0 Å². The van der Waals surface area contributed by atoms with Crippen LogP contribution in [0.5, 0.6) is 0 Å². The zero-order valence-corrected chi connectivity index (χ0v) is 21.4. The second kappa shape index (κ2) is 12.5. The molecule has 1 aromatic heterocycles. The van der Waals surface area contributed by atoms with Crippen molar-refractivity contribution in [2.75, 3.05) is 24.6 Å². The lowest BCUT2D eigenvalue weighted by molar-refractivity contribution is -0.123. The number of amides is 2. The van der Waals surface area contributed by atoms with Gasteiger partial charge in [0.2, 0.25) is 0 Å². The summed E-state index contributed by atoms with van der Waals surface area (Å²) in [6.07, 6.45) is 14.1. The third kappa shape index (κ3) is 6.19. The first-order valence-corrected chi connectivity index (χ1v) is 13.4. The largest absolute Gasteiger partial charge is 0.282 e. The summed E-state index contributed by atoms with van der Waals surface area (Å²) in [6, 6.07) is 5.51. The second-order valence-electron chi connectivity index (χ2n) is 7.73. The molecule has 8 nitrogen and oxygen atoms in total. The van der Waals surface area contributed by atoms with Crippen molar-refractivity contribution in [2.45, 2.75) is 12.8 Å². The molecule has 3 aliphatic rings. The summed E-state index contributed by atoms with van der Waals surface area (Å²) in [5.41, 5.74) is 2.16. The van der Waals surface area contributed by atoms with E-state index in [1.54, 1.807) is 40.3 Å². The molecule has 0 fully saturated rings. The molecule has 4 rings (SSSR count). The fourth-order valence-corrected chi connectivity index (χ4v) is 5.48. The van der Waals surface area contributed by atoms with E-state index in [0.717, 1.165) is 18.5 Å². The third-order valence-electron chi connectivity index (χ3n) is 5.14. The van der Waals surface area contributed by atoms with Gasteiger partial charge in [0, 0.05) is 37.0 Å². The minimum atomic E-state index is -0.173. The molecule has 0 spiro atoms. The molecule has 3 aliphatic heterocycles. The van der Waals surface area contributed by atoms with Crippen molar-refractivity contribution in [3.05, 3.63) is 84.6 Å². The van der Waals surface area contributed by atoms with Crippen LogP contribution in [0.3, 0.4) is 0 Å². The summed E-state index contributed by atoms with van der Waals surface area (Å²) >= 11 is 2.97. The van der Waals surface area contributed by atoms with Gasteiger partial charge in [-0.2, -0.15) is 0 Å². The Kier molecular flexibility index (Phi) is 8.85. The Morgan fingerprint density at radius 1 is 0.889 bits per heavy atom. The van der Waals surface area contributed by atoms with Gasteiger partial charge in [0.15, 0.2) is 10.3 Å². The van der Waals surface area contributed by atoms with Gasteiger partial charge in [0.1, 0.15) is 11.4 Å². The maximum Gasteiger partial charge on any atom is 0.278 e. The number of hydrogen-bond acceptors (Lipinski definition) is 8. The number of pyridine rings is 1. The predicted octanol–water partition coefficient (Wildman–Crippen LogP) is 4.29. The van der Waals surface area contributed by atoms with Gasteiger partial charge in [0.05, 0.1) is 11.4 Å². The van der Waals surface area contributed by atoms with E-state index in [2.05, 4.69) is 33.1 Å². The second-order valence-corrected chi connectivity index (χ2v) is 9.85. The number of rotatable bonds is 9. The first kappa shape index (κ1) is 25.6. The number of aliphatic imine (C=N–C) groups is 3. The third-order valence-corrected chi connectivity index (χ3v) is 7.35. The van der Waals surface area contributed by atoms with Gasteiger partial charge in [-0.05, 0) is 37.1 Å². The molecule has 0 aliphatic carbocycles. The van der Waals surface area contributed by atoms with Gasteiger partial charge < -0.3 is 0 Å². The van der Waals surface area contributed by atoms with Crippen LogP contribution in [0.1, 0.15) is 18.5 Å². The number of carbonyl (C=O) groups is 2. The number of carbonyl (C=O) groups excluding carboxylic acids is 2. The van der Waals surface area contributed by atoms with Crippen molar-refractivity contribution in [3.63, 3.8) is 0 Å². The van der Waals surface area contributed by atoms with Gasteiger partial charge in [-0.3, -0.25) is 29.4 Å². The van der Waals surface area contributed by atoms with Crippen LogP contribution in [0.15, 0.2) is 93.9 Å². The van der Waals surface area contributed by atoms with Gasteiger partial charge in [-0.25, -0.2) is 9.98 Å². The topological polar surface area (TPSA) is 90.6 Å². The number of thioether (sulfide) groups is 2. The SMILES string of the molecule is C=CCN1C(=O)/C(=C/C2=CCCC=N2)N=C1SCCSC1=N/C(=C\c2ccccn2)C(=O)N1CC=C. The summed E-state index contributed by atoms with van der Waals surface area (Å²) in [4.78, 5) is 46.7. The Labute approximate surface area is 219 Å². The van der Waals surface area contributed by atoms with E-state index < -0.39 is 0 Å². The number of allylic oxidation sites excluding steroid dienone is 2. The van der Waals surface area contributed by atoms with E-state index in [-0.39, 0.29) is 11.8 Å². The summed E-state index contributed by atoms with van der Waals surface area (Å²) in [6.45, 7) is 8.28. The molecule has 4 heterocycles. The van der Waals surface area contributed by atoms with Crippen molar-refractivity contribution in [1.82, 2.24) is 14.8 Å². The zero-order chi connectivity index (χ0) is 25.3. The molecule has 1 aromatic rings. The fourth-order valence-electron chi connectivity index (χ4n) is 3.49. The monoisotopic (exact) mass is 518 g/mol. The lowest BCUT2D eigenvalue weighted by atomic mass is 10.2. The maximum atomic E-state index is 12.9. The molecule has 10 heteroatoms. The van der Waals surface area contributed by atoms with E-state index in [9.17, 15) is 9.59 Å². The quantitative estimate of drug-likeness (QED) is 0.276. The molecule has 0 atom stereocenters. The Morgan fingerprint density at radius 3 is 2.06 bits per heavy atom. The average Bonchev–Trinajstić information content (AvgIpc) is 3.34. The van der Waals surface area contributed by atoms with Crippen molar-refractivity contribution in [2.24, 2.45) is 15.0 Å². The van der Waals surface area contributed by atoms with Crippen LogP contribution in [-0.4, -0.2) is 67.7 Å². The highest BCUT2D eigenvalue weighted by molar-refractivity contribution is 8.17. The highest BCUT2D eigenvalue weighted by Crippen LogP contribution is 2.27. The molecule has 2 amide bonds. The molecular formula is C26H26N6O2S2. The Balaban J connectivity index is 1.41. The van der Waals surface area contributed by atoms with Crippen LogP contribution in [0, 0.1) is 0 Å². The van der Waals surface area contributed by atoms with Gasteiger partial charge >= 0.3 is 0 Å². The number of amidine groups is 2. The standard InChI is InChI=1S/C26H26N6O2S2/c1-3-13-31-23(33)21(17-19-9-5-7-11-27-19)29-25(31)35-15-16-36-26-30-22(24(34)32(26)14-4-2)18-20-10-6-8-12-28-20/h3-5,7,9-12,17-18H,1-2,6,8,13-16H2/b21-17-,22-18-. The lowest BCUT2D eigenvalue weighted by Crippen LogP contribution is -2.31. The van der Waals surface area contributed by atoms with Crippen molar-refractivity contribution < 1.29 is 9.59 Å². The van der Waals surface area contributed by atoms with E-state index in [1.807, 2.05) is 30.5 Å². The van der Waals surface area contributed by atoms with E-state index in [4.69, 9.17) is 0 Å². The average molecular weight is 519 g/mol. The maximum absolute atomic E-state index is 12.9. The van der Waals surface area contributed by atoms with Crippen molar-refractivity contribution >= 4 is 58.0 Å². The smallest absolute Gasteiger partial charge is 0.278 e. The minimum Gasteiger partial charge on any atom is -0.282 e. The van der Waals surface area contributed by atoms with Crippen molar-refractivity contribution in [3.8, 4) is 0 Å². The van der Waals surface area contributed by atoms with Gasteiger partial charge in [0.25, 0.3) is 11.8 Å². The number of aromatic nitrogens is 1. The summed E-state index contributed by atoms with van der Waals surface area (Å²) < 4.78 is 0. The van der Waals surface area contributed by atoms with Crippen LogP contribution in [-0.2, 0) is 9.59 Å². The first-order valence-electron chi connectivity index (χ1n) is 11.5. The molecule has 0 bridgehead atoms. The molecule has 0 unspecified atom stereocenters. The zero-order valence-electron chi connectivity index (χ0n) is 19.7. The predicted molar refractivity (Wildman–Crippen MR) is 150 cm³/mol. The van der Waals surface area contributed by atoms with Crippen LogP contribution in [0.4, 0.5) is 0 Å². The lowest BCUT2D eigenvalue weighted by Gasteiger charge is -2.16. The number of nitrogens with zero attached hydrogens (tertiary/aromatic N) is 6. The molecule has 0 radical (unpaired) electrons. The molecular weight excluding hydrogens is 492 g/mol. The van der Waals surface area contributed by atoms with Gasteiger partial charge in [-0.15, -0.1) is 13.2 Å². The normalized spacial score (nSPS) is 19.7. The fraction of sp³-hybridized carbons (Fsp3) is 0.231. The molecule has 0 saturated heterocycles. The van der Waals surface area contributed by atoms with E-state index in [1.165, 1.54) is 23.5 Å². The van der Waals surface area contributed by atoms with Crippen molar-refractivity contribution in [1.29, 1.82) is 0 Å². The first-order chi connectivity index (χ1) is 17.6. The molecule has 36 heavy (non-hydrogen) atoms. The molecule has 184 valence electrons.